The van der Waals surface area contributed by atoms with Crippen LogP contribution in [0.15, 0.2) is 6.07 Å². The van der Waals surface area contributed by atoms with Crippen LogP contribution in [-0.4, -0.2) is 34.2 Å². The Kier molecular flexibility index (Phi) is 5.65. The highest BCUT2D eigenvalue weighted by Gasteiger charge is 2.14. The molecule has 1 rings (SSSR count). The number of aromatic nitrogens is 2. The predicted molar refractivity (Wildman–Crippen MR) is 68.1 cm³/mol. The van der Waals surface area contributed by atoms with Gasteiger partial charge in [-0.3, -0.25) is 4.68 Å². The first-order chi connectivity index (χ1) is 8.10. The molecule has 1 aromatic heterocycles. The fourth-order valence-electron chi connectivity index (χ4n) is 1.93. The molecule has 1 N–H and O–H groups in total. The first kappa shape index (κ1) is 14.2. The number of rotatable bonds is 7. The molecule has 0 bridgehead atoms. The zero-order valence-corrected chi connectivity index (χ0v) is 11.3. The van der Waals surface area contributed by atoms with E-state index in [4.69, 9.17) is 4.74 Å². The van der Waals surface area contributed by atoms with Crippen molar-refractivity contribution in [2.45, 2.75) is 58.8 Å². The second kappa shape index (κ2) is 6.77. The minimum absolute atomic E-state index is 0.0913. The lowest BCUT2D eigenvalue weighted by atomic mass is 10.1. The van der Waals surface area contributed by atoms with Gasteiger partial charge in [-0.2, -0.15) is 5.10 Å². The summed E-state index contributed by atoms with van der Waals surface area (Å²) in [4.78, 5) is 0. The van der Waals surface area contributed by atoms with Crippen molar-refractivity contribution in [1.29, 1.82) is 0 Å². The molecule has 1 aromatic rings. The van der Waals surface area contributed by atoms with E-state index in [2.05, 4.69) is 25.0 Å². The van der Waals surface area contributed by atoms with Crippen LogP contribution >= 0.6 is 0 Å². The minimum Gasteiger partial charge on any atom is -0.393 e. The molecule has 0 aliphatic carbocycles. The molecule has 0 radical (unpaired) electrons. The van der Waals surface area contributed by atoms with Crippen LogP contribution in [0.4, 0.5) is 0 Å². The van der Waals surface area contributed by atoms with Crippen molar-refractivity contribution in [3.63, 3.8) is 0 Å². The number of aryl methyl sites for hydroxylation is 2. The Bertz CT molecular complexity index is 336. The van der Waals surface area contributed by atoms with Crippen LogP contribution in [0.2, 0.25) is 0 Å². The average molecular weight is 240 g/mol. The number of aliphatic hydroxyl groups is 1. The van der Waals surface area contributed by atoms with Crippen LogP contribution in [0.25, 0.3) is 0 Å². The fraction of sp³-hybridized carbons (Fsp3) is 0.769. The van der Waals surface area contributed by atoms with Crippen molar-refractivity contribution in [2.24, 2.45) is 0 Å². The van der Waals surface area contributed by atoms with Gasteiger partial charge in [0.25, 0.3) is 0 Å². The molecule has 0 amide bonds. The second-order valence-corrected chi connectivity index (χ2v) is 4.44. The lowest BCUT2D eigenvalue weighted by Gasteiger charge is -2.15. The second-order valence-electron chi connectivity index (χ2n) is 4.44. The van der Waals surface area contributed by atoms with Crippen molar-refractivity contribution in [1.82, 2.24) is 9.78 Å². The molecule has 98 valence electrons. The van der Waals surface area contributed by atoms with Gasteiger partial charge in [0.05, 0.1) is 17.9 Å². The molecule has 0 saturated heterocycles. The molecule has 4 heteroatoms. The van der Waals surface area contributed by atoms with Gasteiger partial charge in [0.1, 0.15) is 0 Å². The Labute approximate surface area is 104 Å². The van der Waals surface area contributed by atoms with Gasteiger partial charge in [-0.1, -0.05) is 6.92 Å². The number of methoxy groups -OCH3 is 1. The van der Waals surface area contributed by atoms with Gasteiger partial charge >= 0.3 is 0 Å². The predicted octanol–water partition coefficient (Wildman–Crippen LogP) is 1.79. The number of aliphatic hydroxyl groups excluding tert-OH is 1. The topological polar surface area (TPSA) is 47.3 Å². The monoisotopic (exact) mass is 240 g/mol. The van der Waals surface area contributed by atoms with E-state index in [1.165, 1.54) is 0 Å². The third kappa shape index (κ3) is 4.13. The zero-order valence-electron chi connectivity index (χ0n) is 11.3. The molecule has 0 fully saturated rings. The number of hydrogen-bond donors (Lipinski definition) is 1. The maximum Gasteiger partial charge on any atom is 0.0624 e. The SMILES string of the molecule is CCc1cc(CC(O)CC(C)OC)n(CC)n1. The van der Waals surface area contributed by atoms with E-state index in [1.54, 1.807) is 7.11 Å². The molecule has 1 heterocycles. The summed E-state index contributed by atoms with van der Waals surface area (Å²) in [6.45, 7) is 6.98. The molecule has 0 saturated carbocycles. The average Bonchev–Trinajstić information content (AvgIpc) is 2.70. The smallest absolute Gasteiger partial charge is 0.0624 e. The van der Waals surface area contributed by atoms with Crippen molar-refractivity contribution in [3.8, 4) is 0 Å². The van der Waals surface area contributed by atoms with Gasteiger partial charge in [0.2, 0.25) is 0 Å². The Morgan fingerprint density at radius 2 is 2.18 bits per heavy atom. The summed E-state index contributed by atoms with van der Waals surface area (Å²) in [6, 6.07) is 2.09. The summed E-state index contributed by atoms with van der Waals surface area (Å²) in [5, 5.41) is 14.5. The lowest BCUT2D eigenvalue weighted by Crippen LogP contribution is -2.20. The van der Waals surface area contributed by atoms with Crippen molar-refractivity contribution in [2.75, 3.05) is 7.11 Å². The summed E-state index contributed by atoms with van der Waals surface area (Å²) in [7, 11) is 1.67. The van der Waals surface area contributed by atoms with Gasteiger partial charge in [0, 0.05) is 25.8 Å². The molecule has 2 atom stereocenters. The van der Waals surface area contributed by atoms with E-state index in [-0.39, 0.29) is 12.2 Å². The third-order valence-corrected chi connectivity index (χ3v) is 3.03. The number of nitrogens with zero attached hydrogens (tertiary/aromatic N) is 2. The lowest BCUT2D eigenvalue weighted by molar-refractivity contribution is 0.0557. The summed E-state index contributed by atoms with van der Waals surface area (Å²) in [6.07, 6.45) is 1.97. The van der Waals surface area contributed by atoms with Gasteiger partial charge < -0.3 is 9.84 Å². The van der Waals surface area contributed by atoms with E-state index in [0.717, 1.165) is 24.4 Å². The summed E-state index contributed by atoms with van der Waals surface area (Å²) in [5.41, 5.74) is 2.20. The standard InChI is InChI=1S/C13H24N2O2/c1-5-11-8-12(15(6-2)14-11)9-13(16)7-10(3)17-4/h8,10,13,16H,5-7,9H2,1-4H3. The van der Waals surface area contributed by atoms with Crippen molar-refractivity contribution in [3.05, 3.63) is 17.5 Å². The van der Waals surface area contributed by atoms with Crippen molar-refractivity contribution < 1.29 is 9.84 Å². The molecule has 0 aliphatic rings. The van der Waals surface area contributed by atoms with Gasteiger partial charge in [-0.25, -0.2) is 0 Å². The van der Waals surface area contributed by atoms with Crippen LogP contribution in [0.3, 0.4) is 0 Å². The first-order valence-electron chi connectivity index (χ1n) is 6.37. The quantitative estimate of drug-likeness (QED) is 0.790. The van der Waals surface area contributed by atoms with E-state index in [1.807, 2.05) is 11.6 Å². The summed E-state index contributed by atoms with van der Waals surface area (Å²) in [5.74, 6) is 0. The maximum atomic E-state index is 9.98. The Balaban J connectivity index is 2.63. The molecular weight excluding hydrogens is 216 g/mol. The third-order valence-electron chi connectivity index (χ3n) is 3.03. The molecule has 2 unspecified atom stereocenters. The normalized spacial score (nSPS) is 14.9. The summed E-state index contributed by atoms with van der Waals surface area (Å²) < 4.78 is 7.13. The van der Waals surface area contributed by atoms with Gasteiger partial charge in [-0.15, -0.1) is 0 Å². The highest BCUT2D eigenvalue weighted by molar-refractivity contribution is 5.11. The Morgan fingerprint density at radius 3 is 2.71 bits per heavy atom. The van der Waals surface area contributed by atoms with E-state index in [9.17, 15) is 5.11 Å². The van der Waals surface area contributed by atoms with Gasteiger partial charge in [-0.05, 0) is 32.8 Å². The van der Waals surface area contributed by atoms with Crippen molar-refractivity contribution >= 4 is 0 Å². The molecule has 17 heavy (non-hydrogen) atoms. The van der Waals surface area contributed by atoms with E-state index < -0.39 is 0 Å². The minimum atomic E-state index is -0.364. The molecule has 0 spiro atoms. The Hall–Kier alpha value is -0.870. The highest BCUT2D eigenvalue weighted by Crippen LogP contribution is 2.12. The molecule has 4 nitrogen and oxygen atoms in total. The molecular formula is C13H24N2O2. The molecule has 0 aromatic carbocycles. The van der Waals surface area contributed by atoms with Crippen LogP contribution < -0.4 is 0 Å². The van der Waals surface area contributed by atoms with Crippen LogP contribution in [0, 0.1) is 0 Å². The van der Waals surface area contributed by atoms with Crippen LogP contribution in [0.5, 0.6) is 0 Å². The summed E-state index contributed by atoms with van der Waals surface area (Å²) >= 11 is 0. The largest absolute Gasteiger partial charge is 0.393 e. The Morgan fingerprint density at radius 1 is 1.47 bits per heavy atom. The van der Waals surface area contributed by atoms with Gasteiger partial charge in [0.15, 0.2) is 0 Å². The van der Waals surface area contributed by atoms with Crippen LogP contribution in [-0.2, 0) is 24.1 Å². The number of ether oxygens (including phenoxy) is 1. The van der Waals surface area contributed by atoms with E-state index >= 15 is 0 Å². The molecule has 0 aliphatic heterocycles. The van der Waals surface area contributed by atoms with E-state index in [0.29, 0.717) is 12.8 Å². The fourth-order valence-corrected chi connectivity index (χ4v) is 1.93. The maximum absolute atomic E-state index is 9.98. The zero-order chi connectivity index (χ0) is 12.8. The number of hydrogen-bond acceptors (Lipinski definition) is 3. The van der Waals surface area contributed by atoms with Crippen LogP contribution in [0.1, 0.15) is 38.6 Å². The highest BCUT2D eigenvalue weighted by atomic mass is 16.5. The first-order valence-corrected chi connectivity index (χ1v) is 6.37.